The van der Waals surface area contributed by atoms with Crippen molar-refractivity contribution < 1.29 is 19.5 Å². The molecular weight excluding hydrogens is 464 g/mol. The SMILES string of the molecule is CCCCCCCCCCCC(=O)Nc1cccc(C(=O)O)c1NC(=O)CCCCCCCCCCC. The summed E-state index contributed by atoms with van der Waals surface area (Å²) < 4.78 is 0. The summed E-state index contributed by atoms with van der Waals surface area (Å²) in [4.78, 5) is 36.9. The van der Waals surface area contributed by atoms with Gasteiger partial charge in [-0.2, -0.15) is 0 Å². The minimum Gasteiger partial charge on any atom is -0.478 e. The van der Waals surface area contributed by atoms with Crippen molar-refractivity contribution in [2.45, 2.75) is 142 Å². The van der Waals surface area contributed by atoms with Crippen LogP contribution in [0.25, 0.3) is 0 Å². The van der Waals surface area contributed by atoms with Crippen LogP contribution in [-0.4, -0.2) is 22.9 Å². The predicted molar refractivity (Wildman–Crippen MR) is 154 cm³/mol. The lowest BCUT2D eigenvalue weighted by Gasteiger charge is -2.15. The average molecular weight is 517 g/mol. The second-order valence-electron chi connectivity index (χ2n) is 10.3. The average Bonchev–Trinajstić information content (AvgIpc) is 2.87. The molecule has 6 nitrogen and oxygen atoms in total. The van der Waals surface area contributed by atoms with Crippen LogP contribution in [-0.2, 0) is 9.59 Å². The first-order chi connectivity index (χ1) is 18.0. The Morgan fingerprint density at radius 3 is 1.43 bits per heavy atom. The van der Waals surface area contributed by atoms with Gasteiger partial charge in [0, 0.05) is 12.8 Å². The van der Waals surface area contributed by atoms with Crippen molar-refractivity contribution in [2.24, 2.45) is 0 Å². The van der Waals surface area contributed by atoms with Crippen LogP contribution in [0.2, 0.25) is 0 Å². The Morgan fingerprint density at radius 1 is 0.595 bits per heavy atom. The first-order valence-corrected chi connectivity index (χ1v) is 15.0. The highest BCUT2D eigenvalue weighted by Gasteiger charge is 2.17. The number of hydrogen-bond donors (Lipinski definition) is 3. The van der Waals surface area contributed by atoms with Crippen molar-refractivity contribution in [3.05, 3.63) is 23.8 Å². The lowest BCUT2D eigenvalue weighted by atomic mass is 10.1. The molecule has 0 aliphatic heterocycles. The van der Waals surface area contributed by atoms with Crippen LogP contribution in [0, 0.1) is 0 Å². The van der Waals surface area contributed by atoms with E-state index in [0.29, 0.717) is 18.5 Å². The molecule has 0 radical (unpaired) electrons. The Hall–Kier alpha value is -2.37. The number of aromatic carboxylic acids is 1. The molecule has 0 heterocycles. The van der Waals surface area contributed by atoms with Gasteiger partial charge < -0.3 is 15.7 Å². The number of carbonyl (C=O) groups excluding carboxylic acids is 2. The van der Waals surface area contributed by atoms with E-state index in [-0.39, 0.29) is 23.1 Å². The number of amides is 2. The standard InChI is InChI=1S/C31H52N2O4/c1-3-5-7-9-11-13-15-17-19-24-28(34)32-27-23-21-22-26(31(36)37)30(27)33-29(35)25-20-18-16-14-12-10-8-6-4-2/h21-23H,3-20,24-25H2,1-2H3,(H,32,34)(H,33,35)(H,36,37). The summed E-state index contributed by atoms with van der Waals surface area (Å²) in [7, 11) is 0. The molecule has 0 aliphatic rings. The minimum absolute atomic E-state index is 0.0127. The number of carboxylic acids is 1. The third-order valence-electron chi connectivity index (χ3n) is 6.85. The van der Waals surface area contributed by atoms with Crippen molar-refractivity contribution in [3.63, 3.8) is 0 Å². The highest BCUT2D eigenvalue weighted by Crippen LogP contribution is 2.27. The van der Waals surface area contributed by atoms with Gasteiger partial charge in [-0.25, -0.2) is 4.79 Å². The number of nitrogens with one attached hydrogen (secondary N) is 2. The number of carboxylic acid groups (broad SMARTS) is 1. The van der Waals surface area contributed by atoms with Crippen LogP contribution in [0.1, 0.15) is 153 Å². The van der Waals surface area contributed by atoms with E-state index in [4.69, 9.17) is 0 Å². The molecule has 1 aromatic rings. The summed E-state index contributed by atoms with van der Waals surface area (Å²) in [5.41, 5.74) is 0.513. The zero-order valence-corrected chi connectivity index (χ0v) is 23.5. The van der Waals surface area contributed by atoms with Gasteiger partial charge in [0.15, 0.2) is 0 Å². The van der Waals surface area contributed by atoms with Gasteiger partial charge in [0.2, 0.25) is 11.8 Å². The van der Waals surface area contributed by atoms with Crippen LogP contribution in [0.4, 0.5) is 11.4 Å². The van der Waals surface area contributed by atoms with Crippen LogP contribution in [0.5, 0.6) is 0 Å². The van der Waals surface area contributed by atoms with Gasteiger partial charge in [-0.3, -0.25) is 9.59 Å². The Bertz CT molecular complexity index is 778. The molecule has 1 aromatic carbocycles. The van der Waals surface area contributed by atoms with Crippen molar-refractivity contribution >= 4 is 29.2 Å². The Labute approximate surface area is 225 Å². The number of unbranched alkanes of at least 4 members (excludes halogenated alkanes) is 16. The lowest BCUT2D eigenvalue weighted by molar-refractivity contribution is -0.117. The minimum atomic E-state index is -1.13. The molecule has 2 amide bonds. The Balaban J connectivity index is 2.43. The van der Waals surface area contributed by atoms with E-state index in [0.717, 1.165) is 38.5 Å². The largest absolute Gasteiger partial charge is 0.478 e. The van der Waals surface area contributed by atoms with E-state index < -0.39 is 5.97 Å². The van der Waals surface area contributed by atoms with Gasteiger partial charge in [0.25, 0.3) is 0 Å². The second-order valence-corrected chi connectivity index (χ2v) is 10.3. The van der Waals surface area contributed by atoms with Gasteiger partial charge in [-0.1, -0.05) is 123 Å². The summed E-state index contributed by atoms with van der Waals surface area (Å²) in [6.07, 6.45) is 21.8. The molecule has 0 fully saturated rings. The van der Waals surface area contributed by atoms with Gasteiger partial charge in [-0.15, -0.1) is 0 Å². The van der Waals surface area contributed by atoms with Crippen molar-refractivity contribution in [2.75, 3.05) is 10.6 Å². The number of para-hydroxylation sites is 1. The van der Waals surface area contributed by atoms with Crippen molar-refractivity contribution in [3.8, 4) is 0 Å². The maximum atomic E-state index is 12.6. The van der Waals surface area contributed by atoms with E-state index in [1.54, 1.807) is 12.1 Å². The summed E-state index contributed by atoms with van der Waals surface area (Å²) in [5.74, 6) is -1.50. The van der Waals surface area contributed by atoms with Crippen molar-refractivity contribution in [1.82, 2.24) is 0 Å². The zero-order chi connectivity index (χ0) is 27.1. The molecule has 6 heteroatoms. The molecule has 37 heavy (non-hydrogen) atoms. The molecule has 0 aromatic heterocycles. The number of rotatable bonds is 23. The molecule has 0 unspecified atom stereocenters. The smallest absolute Gasteiger partial charge is 0.337 e. The first kappa shape index (κ1) is 32.7. The molecule has 0 spiro atoms. The summed E-state index contributed by atoms with van der Waals surface area (Å²) in [6.45, 7) is 4.44. The number of benzene rings is 1. The zero-order valence-electron chi connectivity index (χ0n) is 23.5. The highest BCUT2D eigenvalue weighted by atomic mass is 16.4. The lowest BCUT2D eigenvalue weighted by Crippen LogP contribution is -2.18. The third kappa shape index (κ3) is 16.2. The van der Waals surface area contributed by atoms with Gasteiger partial charge >= 0.3 is 5.97 Å². The molecule has 210 valence electrons. The highest BCUT2D eigenvalue weighted by molar-refractivity contribution is 6.07. The molecule has 0 atom stereocenters. The van der Waals surface area contributed by atoms with Gasteiger partial charge in [0.05, 0.1) is 16.9 Å². The summed E-state index contributed by atoms with van der Waals surface area (Å²) >= 11 is 0. The maximum absolute atomic E-state index is 12.6. The summed E-state index contributed by atoms with van der Waals surface area (Å²) in [6, 6.07) is 4.69. The third-order valence-corrected chi connectivity index (χ3v) is 6.85. The topological polar surface area (TPSA) is 95.5 Å². The fraction of sp³-hybridized carbons (Fsp3) is 0.710. The number of anilines is 2. The fourth-order valence-electron chi connectivity index (χ4n) is 4.58. The molecule has 1 rings (SSSR count). The molecule has 0 bridgehead atoms. The molecule has 3 N–H and O–H groups in total. The van der Waals surface area contributed by atoms with Gasteiger partial charge in [0.1, 0.15) is 0 Å². The number of hydrogen-bond acceptors (Lipinski definition) is 3. The van der Waals surface area contributed by atoms with E-state index in [2.05, 4.69) is 24.5 Å². The Morgan fingerprint density at radius 2 is 1.00 bits per heavy atom. The number of carbonyl (C=O) groups is 3. The Kier molecular flexibility index (Phi) is 19.1. The van der Waals surface area contributed by atoms with E-state index in [1.807, 2.05) is 0 Å². The van der Waals surface area contributed by atoms with Crippen LogP contribution < -0.4 is 10.6 Å². The monoisotopic (exact) mass is 516 g/mol. The van der Waals surface area contributed by atoms with E-state index in [1.165, 1.54) is 83.1 Å². The molecular formula is C31H52N2O4. The molecule has 0 saturated carbocycles. The van der Waals surface area contributed by atoms with Crippen LogP contribution >= 0.6 is 0 Å². The van der Waals surface area contributed by atoms with E-state index in [9.17, 15) is 19.5 Å². The maximum Gasteiger partial charge on any atom is 0.337 e. The first-order valence-electron chi connectivity index (χ1n) is 15.0. The van der Waals surface area contributed by atoms with Crippen LogP contribution in [0.15, 0.2) is 18.2 Å². The van der Waals surface area contributed by atoms with Crippen molar-refractivity contribution in [1.29, 1.82) is 0 Å². The molecule has 0 aliphatic carbocycles. The summed E-state index contributed by atoms with van der Waals surface area (Å²) in [5, 5.41) is 15.2. The second kappa shape index (κ2) is 21.7. The quantitative estimate of drug-likeness (QED) is 0.126. The fourth-order valence-corrected chi connectivity index (χ4v) is 4.58. The van der Waals surface area contributed by atoms with Crippen LogP contribution in [0.3, 0.4) is 0 Å². The molecule has 0 saturated heterocycles. The van der Waals surface area contributed by atoms with Gasteiger partial charge in [-0.05, 0) is 25.0 Å². The predicted octanol–water partition coefficient (Wildman–Crippen LogP) is 9.10. The van der Waals surface area contributed by atoms with E-state index >= 15 is 0 Å². The normalized spacial score (nSPS) is 10.9.